The van der Waals surface area contributed by atoms with Crippen molar-refractivity contribution in [2.75, 3.05) is 5.73 Å². The summed E-state index contributed by atoms with van der Waals surface area (Å²) in [6.07, 6.45) is 0. The zero-order valence-corrected chi connectivity index (χ0v) is 13.8. The lowest BCUT2D eigenvalue weighted by atomic mass is 10.1. The summed E-state index contributed by atoms with van der Waals surface area (Å²) in [4.78, 5) is 47.1. The number of amides is 2. The van der Waals surface area contributed by atoms with Crippen LogP contribution >= 0.6 is 22.6 Å². The summed E-state index contributed by atoms with van der Waals surface area (Å²) in [6, 6.07) is 3.16. The average Bonchev–Trinajstić information content (AvgIpc) is 2.77. The summed E-state index contributed by atoms with van der Waals surface area (Å²) in [5.74, 6) is -4.61. The Morgan fingerprint density at radius 1 is 1.25 bits per heavy atom. The smallest absolute Gasteiger partial charge is 0.337 e. The molecule has 2 aromatic rings. The number of hydrogen-bond donors (Lipinski definition) is 3. The van der Waals surface area contributed by atoms with Gasteiger partial charge in [0.1, 0.15) is 11.5 Å². The molecule has 0 radical (unpaired) electrons. The molecule has 4 N–H and O–H groups in total. The van der Waals surface area contributed by atoms with Crippen molar-refractivity contribution in [3.8, 4) is 5.69 Å². The maximum atomic E-state index is 14.5. The van der Waals surface area contributed by atoms with Crippen LogP contribution in [0.4, 0.5) is 10.2 Å². The Kier molecular flexibility index (Phi) is 3.63. The second kappa shape index (κ2) is 5.40. The molecule has 1 aromatic heterocycles. The van der Waals surface area contributed by atoms with Gasteiger partial charge in [-0.3, -0.25) is 24.3 Å². The number of carboxylic acids is 1. The minimum Gasteiger partial charge on any atom is -0.478 e. The molecule has 0 fully saturated rings. The minimum atomic E-state index is -1.48. The Balaban J connectivity index is 2.46. The number of nitrogens with two attached hydrogens (primary N) is 1. The number of benzene rings is 1. The van der Waals surface area contributed by atoms with Gasteiger partial charge in [-0.15, -0.1) is 0 Å². The number of nitrogens with zero attached hydrogens (tertiary/aromatic N) is 1. The zero-order chi connectivity index (χ0) is 17.8. The van der Waals surface area contributed by atoms with E-state index in [1.165, 1.54) is 6.07 Å². The number of fused-ring (bicyclic) bond motifs is 1. The van der Waals surface area contributed by atoms with Gasteiger partial charge in [0, 0.05) is 6.07 Å². The highest BCUT2D eigenvalue weighted by Gasteiger charge is 2.33. The molecule has 1 aliphatic heterocycles. The van der Waals surface area contributed by atoms with Crippen LogP contribution in [0.1, 0.15) is 31.1 Å². The number of rotatable bonds is 2. The van der Waals surface area contributed by atoms with Crippen LogP contribution < -0.4 is 16.6 Å². The first-order chi connectivity index (χ1) is 11.2. The molecule has 8 nitrogen and oxygen atoms in total. The van der Waals surface area contributed by atoms with Crippen molar-refractivity contribution in [2.24, 2.45) is 0 Å². The van der Waals surface area contributed by atoms with Gasteiger partial charge in [-0.1, -0.05) is 0 Å². The summed E-state index contributed by atoms with van der Waals surface area (Å²) in [7, 11) is 0. The minimum absolute atomic E-state index is 0.0555. The van der Waals surface area contributed by atoms with Crippen LogP contribution in [-0.4, -0.2) is 27.5 Å². The molecule has 0 aliphatic carbocycles. The molecule has 1 aromatic carbocycles. The van der Waals surface area contributed by atoms with Gasteiger partial charge in [0.25, 0.3) is 17.4 Å². The fraction of sp³-hybridized carbons (Fsp3) is 0. The van der Waals surface area contributed by atoms with Crippen molar-refractivity contribution in [1.82, 2.24) is 9.88 Å². The Hall–Kier alpha value is -2.76. The number of aromatic nitrogens is 1. The molecule has 10 heteroatoms. The number of carbonyl (C=O) groups excluding carboxylic acids is 2. The summed E-state index contributed by atoms with van der Waals surface area (Å²) < 4.78 is 15.2. The lowest BCUT2D eigenvalue weighted by Crippen LogP contribution is -2.26. The molecule has 122 valence electrons. The number of nitrogens with one attached hydrogen (secondary N) is 1. The molecule has 0 bridgehead atoms. The molecule has 0 atom stereocenters. The van der Waals surface area contributed by atoms with E-state index in [2.05, 4.69) is 0 Å². The van der Waals surface area contributed by atoms with E-state index in [9.17, 15) is 28.7 Å². The second-order valence-electron chi connectivity index (χ2n) is 4.84. The van der Waals surface area contributed by atoms with Crippen LogP contribution in [0, 0.1) is 9.39 Å². The number of aromatic carboxylic acids is 1. The fourth-order valence-corrected chi connectivity index (χ4v) is 2.88. The first-order valence-electron chi connectivity index (χ1n) is 6.37. The molecule has 0 unspecified atom stereocenters. The van der Waals surface area contributed by atoms with E-state index in [-0.39, 0.29) is 14.7 Å². The molecule has 1 aliphatic rings. The van der Waals surface area contributed by atoms with Crippen molar-refractivity contribution in [3.63, 3.8) is 0 Å². The summed E-state index contributed by atoms with van der Waals surface area (Å²) >= 11 is 1.63. The van der Waals surface area contributed by atoms with Gasteiger partial charge in [-0.25, -0.2) is 9.18 Å². The molecular weight excluding hydrogens is 436 g/mol. The number of pyridine rings is 1. The molecule has 2 amide bonds. The van der Waals surface area contributed by atoms with E-state index >= 15 is 0 Å². The standard InChI is InChI=1S/C14H7FIN3O5/c15-9-6(16)2-1-4(14(23)24)10(9)19-7(20)3-5-8(11(19)17)13(22)18-12(5)21/h1-3H,17H2,(H,23,24)(H,18,21,22). The van der Waals surface area contributed by atoms with Gasteiger partial charge >= 0.3 is 5.97 Å². The monoisotopic (exact) mass is 443 g/mol. The molecule has 3 rings (SSSR count). The fourth-order valence-electron chi connectivity index (χ4n) is 2.44. The number of halogens is 2. The number of anilines is 1. The molecule has 2 heterocycles. The van der Waals surface area contributed by atoms with Gasteiger partial charge in [-0.05, 0) is 34.7 Å². The maximum absolute atomic E-state index is 14.5. The van der Waals surface area contributed by atoms with Crippen LogP contribution in [0.25, 0.3) is 5.69 Å². The van der Waals surface area contributed by atoms with Crippen LogP contribution in [0.15, 0.2) is 23.0 Å². The van der Waals surface area contributed by atoms with Crippen LogP contribution in [0.2, 0.25) is 0 Å². The quantitative estimate of drug-likeness (QED) is 0.464. The van der Waals surface area contributed by atoms with E-state index in [4.69, 9.17) is 5.73 Å². The predicted molar refractivity (Wildman–Crippen MR) is 87.9 cm³/mol. The van der Waals surface area contributed by atoms with Crippen LogP contribution in [0.5, 0.6) is 0 Å². The van der Waals surface area contributed by atoms with E-state index in [1.54, 1.807) is 22.6 Å². The summed E-state index contributed by atoms with van der Waals surface area (Å²) in [6.45, 7) is 0. The highest BCUT2D eigenvalue weighted by molar-refractivity contribution is 14.1. The first-order valence-corrected chi connectivity index (χ1v) is 7.44. The Labute approximate surface area is 146 Å². The van der Waals surface area contributed by atoms with E-state index in [1.807, 2.05) is 5.32 Å². The van der Waals surface area contributed by atoms with Crippen molar-refractivity contribution in [3.05, 3.63) is 54.6 Å². The predicted octanol–water partition coefficient (Wildman–Crippen LogP) is 0.745. The highest BCUT2D eigenvalue weighted by Crippen LogP contribution is 2.28. The number of hydrogen-bond acceptors (Lipinski definition) is 5. The van der Waals surface area contributed by atoms with Gasteiger partial charge in [0.2, 0.25) is 0 Å². The lowest BCUT2D eigenvalue weighted by Gasteiger charge is -2.15. The normalized spacial score (nSPS) is 12.9. The SMILES string of the molecule is Nc1c2c(cc(=O)n1-c1c(C(=O)O)ccc(I)c1F)C(=O)NC2=O. The number of nitrogen functional groups attached to an aromatic ring is 1. The number of imide groups is 1. The van der Waals surface area contributed by atoms with Crippen LogP contribution in [0.3, 0.4) is 0 Å². The molecule has 0 saturated carbocycles. The van der Waals surface area contributed by atoms with Crippen molar-refractivity contribution in [2.45, 2.75) is 0 Å². The third kappa shape index (κ3) is 2.18. The number of carbonyl (C=O) groups is 3. The lowest BCUT2D eigenvalue weighted by molar-refractivity contribution is 0.0695. The molecule has 0 saturated heterocycles. The Bertz CT molecular complexity index is 1010. The maximum Gasteiger partial charge on any atom is 0.337 e. The zero-order valence-electron chi connectivity index (χ0n) is 11.6. The second-order valence-corrected chi connectivity index (χ2v) is 6.00. The van der Waals surface area contributed by atoms with Crippen molar-refractivity contribution >= 4 is 46.2 Å². The van der Waals surface area contributed by atoms with E-state index in [0.29, 0.717) is 4.57 Å². The largest absolute Gasteiger partial charge is 0.478 e. The van der Waals surface area contributed by atoms with Gasteiger partial charge in [0.15, 0.2) is 5.82 Å². The van der Waals surface area contributed by atoms with Gasteiger partial charge in [0.05, 0.1) is 20.3 Å². The van der Waals surface area contributed by atoms with Crippen molar-refractivity contribution < 1.29 is 23.9 Å². The molecule has 24 heavy (non-hydrogen) atoms. The first kappa shape index (κ1) is 16.1. The van der Waals surface area contributed by atoms with Crippen LogP contribution in [-0.2, 0) is 0 Å². The molecular formula is C14H7FIN3O5. The number of carboxylic acid groups (broad SMARTS) is 1. The van der Waals surface area contributed by atoms with Crippen molar-refractivity contribution in [1.29, 1.82) is 0 Å². The average molecular weight is 443 g/mol. The third-order valence-corrected chi connectivity index (χ3v) is 4.31. The van der Waals surface area contributed by atoms with Gasteiger partial charge < -0.3 is 10.8 Å². The van der Waals surface area contributed by atoms with E-state index in [0.717, 1.165) is 12.1 Å². The topological polar surface area (TPSA) is 131 Å². The summed E-state index contributed by atoms with van der Waals surface area (Å²) in [5, 5.41) is 11.2. The Morgan fingerprint density at radius 3 is 2.54 bits per heavy atom. The molecule has 0 spiro atoms. The highest BCUT2D eigenvalue weighted by atomic mass is 127. The summed E-state index contributed by atoms with van der Waals surface area (Å²) in [5.41, 5.74) is 3.23. The third-order valence-electron chi connectivity index (χ3n) is 3.48. The van der Waals surface area contributed by atoms with E-state index < -0.39 is 46.2 Å². The van der Waals surface area contributed by atoms with Gasteiger partial charge in [-0.2, -0.15) is 0 Å². The Morgan fingerprint density at radius 2 is 1.92 bits per heavy atom.